The van der Waals surface area contributed by atoms with E-state index in [2.05, 4.69) is 13.8 Å². The Bertz CT molecular complexity index is 572. The zero-order valence-corrected chi connectivity index (χ0v) is 32.7. The Hall–Kier alpha value is 0.140. The van der Waals surface area contributed by atoms with Gasteiger partial charge in [-0.15, -0.1) is 0 Å². The van der Waals surface area contributed by atoms with Gasteiger partial charge in [0, 0.05) is 12.8 Å². The van der Waals surface area contributed by atoms with E-state index in [0.717, 1.165) is 25.7 Å². The standard InChI is InChI=1S/C40H78O3.Na.H/c1-3-5-7-9-11-13-15-17-19-20-21-22-24-26-28-30-32-34-36-38-40(42)43-39(41)37-35-33-31-29-27-25-23-18-16-14-12-10-8-6-4-2;;/h3-38H2,1-2H3;;/q;+1;-1. The Labute approximate surface area is 300 Å². The van der Waals surface area contributed by atoms with Gasteiger partial charge < -0.3 is 6.16 Å². The van der Waals surface area contributed by atoms with Gasteiger partial charge in [0.15, 0.2) is 0 Å². The topological polar surface area (TPSA) is 43.4 Å². The summed E-state index contributed by atoms with van der Waals surface area (Å²) in [6.07, 6.45) is 46.0. The van der Waals surface area contributed by atoms with Crippen LogP contribution in [0.5, 0.6) is 0 Å². The molecule has 0 aromatic rings. The van der Waals surface area contributed by atoms with Gasteiger partial charge in [0.1, 0.15) is 0 Å². The summed E-state index contributed by atoms with van der Waals surface area (Å²) >= 11 is 0. The molecule has 0 aliphatic carbocycles. The molecule has 3 nitrogen and oxygen atoms in total. The summed E-state index contributed by atoms with van der Waals surface area (Å²) in [4.78, 5) is 23.9. The normalized spacial score (nSPS) is 11.0. The van der Waals surface area contributed by atoms with Gasteiger partial charge in [-0.05, 0) is 12.8 Å². The number of unbranched alkanes of at least 4 members (excludes halogenated alkanes) is 32. The molecular weight excluding hydrogens is 551 g/mol. The largest absolute Gasteiger partial charge is 1.00 e. The predicted octanol–water partition coefficient (Wildman–Crippen LogP) is 11.3. The maximum absolute atomic E-state index is 12.0. The van der Waals surface area contributed by atoms with Crippen LogP contribution in [0.25, 0.3) is 0 Å². The fourth-order valence-electron chi connectivity index (χ4n) is 6.22. The Morgan fingerprint density at radius 2 is 0.477 bits per heavy atom. The van der Waals surface area contributed by atoms with E-state index >= 15 is 0 Å². The molecule has 0 aliphatic rings. The minimum atomic E-state index is -0.322. The summed E-state index contributed by atoms with van der Waals surface area (Å²) in [7, 11) is 0. The molecule has 0 rings (SSSR count). The van der Waals surface area contributed by atoms with Crippen LogP contribution in [-0.4, -0.2) is 11.9 Å². The zero-order valence-electron chi connectivity index (χ0n) is 31.7. The minimum absolute atomic E-state index is 0. The smallest absolute Gasteiger partial charge is 1.00 e. The molecule has 0 aliphatic heterocycles. The number of rotatable bonds is 36. The Morgan fingerprint density at radius 1 is 0.318 bits per heavy atom. The van der Waals surface area contributed by atoms with Crippen molar-refractivity contribution in [3.05, 3.63) is 0 Å². The van der Waals surface area contributed by atoms with Crippen molar-refractivity contribution in [2.45, 2.75) is 245 Å². The summed E-state index contributed by atoms with van der Waals surface area (Å²) in [5.41, 5.74) is 0. The van der Waals surface area contributed by atoms with Crippen LogP contribution in [0.1, 0.15) is 246 Å². The minimum Gasteiger partial charge on any atom is -1.00 e. The summed E-state index contributed by atoms with van der Waals surface area (Å²) in [6.45, 7) is 4.57. The number of esters is 2. The van der Waals surface area contributed by atoms with E-state index in [0.29, 0.717) is 12.8 Å². The molecule has 0 aromatic heterocycles. The molecule has 0 fully saturated rings. The van der Waals surface area contributed by atoms with E-state index in [1.165, 1.54) is 193 Å². The van der Waals surface area contributed by atoms with E-state index in [1.807, 2.05) is 0 Å². The average Bonchev–Trinajstić information content (AvgIpc) is 3.00. The molecule has 0 atom stereocenters. The van der Waals surface area contributed by atoms with Crippen molar-refractivity contribution in [3.63, 3.8) is 0 Å². The number of carbonyl (C=O) groups is 2. The maximum atomic E-state index is 12.0. The number of ether oxygens (including phenoxy) is 1. The van der Waals surface area contributed by atoms with Crippen LogP contribution in [0.2, 0.25) is 0 Å². The molecule has 0 saturated heterocycles. The molecule has 0 aromatic carbocycles. The van der Waals surface area contributed by atoms with Crippen LogP contribution in [-0.2, 0) is 14.3 Å². The maximum Gasteiger partial charge on any atom is 1.00 e. The second-order valence-electron chi connectivity index (χ2n) is 13.7. The Morgan fingerprint density at radius 3 is 0.659 bits per heavy atom. The van der Waals surface area contributed by atoms with Gasteiger partial charge in [-0.25, -0.2) is 0 Å². The van der Waals surface area contributed by atoms with E-state index in [1.54, 1.807) is 0 Å². The second-order valence-corrected chi connectivity index (χ2v) is 13.7. The number of carbonyl (C=O) groups excluding carboxylic acids is 2. The third-order valence-corrected chi connectivity index (χ3v) is 9.20. The van der Waals surface area contributed by atoms with Gasteiger partial charge in [0.2, 0.25) is 0 Å². The summed E-state index contributed by atoms with van der Waals surface area (Å²) in [5, 5.41) is 0. The first kappa shape index (κ1) is 46.3. The first-order valence-corrected chi connectivity index (χ1v) is 19.9. The molecule has 4 heteroatoms. The Kier molecular flexibility index (Phi) is 43.3. The molecule has 0 saturated carbocycles. The summed E-state index contributed by atoms with van der Waals surface area (Å²) in [6, 6.07) is 0. The van der Waals surface area contributed by atoms with Gasteiger partial charge in [-0.1, -0.05) is 219 Å². The average molecular weight is 631 g/mol. The van der Waals surface area contributed by atoms with Crippen molar-refractivity contribution in [1.82, 2.24) is 0 Å². The van der Waals surface area contributed by atoms with Gasteiger partial charge in [-0.3, -0.25) is 9.59 Å². The molecule has 0 radical (unpaired) electrons. The van der Waals surface area contributed by atoms with Crippen molar-refractivity contribution in [3.8, 4) is 0 Å². The van der Waals surface area contributed by atoms with Gasteiger partial charge in [-0.2, -0.15) is 0 Å². The van der Waals surface area contributed by atoms with Crippen LogP contribution >= 0.6 is 0 Å². The molecule has 44 heavy (non-hydrogen) atoms. The van der Waals surface area contributed by atoms with Gasteiger partial charge in [0.05, 0.1) is 0 Å². The van der Waals surface area contributed by atoms with E-state index in [4.69, 9.17) is 4.74 Å². The third-order valence-electron chi connectivity index (χ3n) is 9.20. The molecule has 0 heterocycles. The number of hydrogen-bond donors (Lipinski definition) is 0. The first-order chi connectivity index (χ1) is 21.2. The quantitative estimate of drug-likeness (QED) is 0.0299. The molecule has 0 unspecified atom stereocenters. The molecule has 258 valence electrons. The van der Waals surface area contributed by atoms with Crippen molar-refractivity contribution in [2.75, 3.05) is 0 Å². The van der Waals surface area contributed by atoms with Crippen molar-refractivity contribution >= 4 is 11.9 Å². The molecule has 0 amide bonds. The third kappa shape index (κ3) is 40.2. The second kappa shape index (κ2) is 41.2. The first-order valence-electron chi connectivity index (χ1n) is 19.9. The van der Waals surface area contributed by atoms with Gasteiger partial charge in [0.25, 0.3) is 0 Å². The van der Waals surface area contributed by atoms with Crippen molar-refractivity contribution in [1.29, 1.82) is 0 Å². The van der Waals surface area contributed by atoms with Gasteiger partial charge >= 0.3 is 41.5 Å². The molecular formula is C40H79NaO3. The van der Waals surface area contributed by atoms with E-state index in [9.17, 15) is 9.59 Å². The summed E-state index contributed by atoms with van der Waals surface area (Å²) in [5.74, 6) is -0.643. The monoisotopic (exact) mass is 631 g/mol. The van der Waals surface area contributed by atoms with Crippen LogP contribution < -0.4 is 29.6 Å². The molecule has 0 spiro atoms. The fraction of sp³-hybridized carbons (Fsp3) is 0.950. The SMILES string of the molecule is CCCCCCCCCCCCCCCCCCCCCC(=O)OC(=O)CCCCCCCCCCCCCCCCC.[H-].[Na+]. The van der Waals surface area contributed by atoms with E-state index < -0.39 is 0 Å². The van der Waals surface area contributed by atoms with Crippen LogP contribution in [0.4, 0.5) is 0 Å². The zero-order chi connectivity index (χ0) is 31.3. The summed E-state index contributed by atoms with van der Waals surface area (Å²) < 4.78 is 5.03. The predicted molar refractivity (Wildman–Crippen MR) is 190 cm³/mol. The molecule has 0 N–H and O–H groups in total. The van der Waals surface area contributed by atoms with Crippen LogP contribution in [0.15, 0.2) is 0 Å². The Balaban J connectivity index is -0.00000882. The van der Waals surface area contributed by atoms with Crippen LogP contribution in [0, 0.1) is 0 Å². The van der Waals surface area contributed by atoms with Crippen molar-refractivity contribution in [2.24, 2.45) is 0 Å². The van der Waals surface area contributed by atoms with Crippen molar-refractivity contribution < 1.29 is 45.3 Å². The number of hydrogen-bond acceptors (Lipinski definition) is 3. The fourth-order valence-corrected chi connectivity index (χ4v) is 6.22. The van der Waals surface area contributed by atoms with E-state index in [-0.39, 0.29) is 42.9 Å². The van der Waals surface area contributed by atoms with Crippen LogP contribution in [0.3, 0.4) is 0 Å². The molecule has 0 bridgehead atoms.